The first-order valence-corrected chi connectivity index (χ1v) is 9.16. The summed E-state index contributed by atoms with van der Waals surface area (Å²) in [5.41, 5.74) is 1.50. The zero-order chi connectivity index (χ0) is 19.3. The number of amides is 2. The number of aromatic nitrogens is 4. The standard InChI is InChI=1S/C19H21N7O2/c1-13-24-25-18(28-13)14-4-6-15(7-5-14)22-19(27)23-16-3-2-10-26(12-16)17-11-20-8-9-21-17/h4-9,11,16H,2-3,10,12H2,1H3,(H2,22,23,27). The molecule has 1 aliphatic rings. The third-order valence-electron chi connectivity index (χ3n) is 4.55. The van der Waals surface area contributed by atoms with Gasteiger partial charge in [-0.3, -0.25) is 4.98 Å². The number of carbonyl (C=O) groups is 1. The van der Waals surface area contributed by atoms with Crippen molar-refractivity contribution in [2.75, 3.05) is 23.3 Å². The summed E-state index contributed by atoms with van der Waals surface area (Å²) in [6, 6.07) is 7.10. The van der Waals surface area contributed by atoms with Crippen molar-refractivity contribution in [3.8, 4) is 11.5 Å². The van der Waals surface area contributed by atoms with E-state index in [2.05, 4.69) is 35.7 Å². The average Bonchev–Trinajstić information content (AvgIpc) is 3.16. The summed E-state index contributed by atoms with van der Waals surface area (Å²) < 4.78 is 5.40. The SMILES string of the molecule is Cc1nnc(-c2ccc(NC(=O)NC3CCCN(c4cnccn4)C3)cc2)o1. The number of carbonyl (C=O) groups excluding carboxylic acids is 1. The van der Waals surface area contributed by atoms with Gasteiger partial charge in [0.05, 0.1) is 6.20 Å². The van der Waals surface area contributed by atoms with E-state index in [1.54, 1.807) is 37.6 Å². The second-order valence-corrected chi connectivity index (χ2v) is 6.65. The van der Waals surface area contributed by atoms with E-state index in [1.165, 1.54) is 0 Å². The van der Waals surface area contributed by atoms with Crippen LogP contribution in [0.1, 0.15) is 18.7 Å². The molecule has 1 saturated heterocycles. The molecule has 3 aromatic rings. The quantitative estimate of drug-likeness (QED) is 0.717. The van der Waals surface area contributed by atoms with Gasteiger partial charge in [0.15, 0.2) is 0 Å². The molecule has 0 aliphatic carbocycles. The van der Waals surface area contributed by atoms with Crippen molar-refractivity contribution in [2.24, 2.45) is 0 Å². The van der Waals surface area contributed by atoms with Gasteiger partial charge >= 0.3 is 6.03 Å². The van der Waals surface area contributed by atoms with E-state index in [0.717, 1.165) is 30.8 Å². The van der Waals surface area contributed by atoms with Crippen LogP contribution in [0.15, 0.2) is 47.3 Å². The van der Waals surface area contributed by atoms with Crippen LogP contribution < -0.4 is 15.5 Å². The number of piperidine rings is 1. The summed E-state index contributed by atoms with van der Waals surface area (Å²) in [5, 5.41) is 13.7. The average molecular weight is 379 g/mol. The molecule has 1 fully saturated rings. The minimum Gasteiger partial charge on any atom is -0.421 e. The van der Waals surface area contributed by atoms with Gasteiger partial charge in [0.25, 0.3) is 0 Å². The largest absolute Gasteiger partial charge is 0.421 e. The Morgan fingerprint density at radius 1 is 1.21 bits per heavy atom. The fourth-order valence-electron chi connectivity index (χ4n) is 3.22. The summed E-state index contributed by atoms with van der Waals surface area (Å²) in [4.78, 5) is 23.0. The molecular formula is C19H21N7O2. The number of hydrogen-bond acceptors (Lipinski definition) is 7. The molecule has 9 nitrogen and oxygen atoms in total. The van der Waals surface area contributed by atoms with Crippen LogP contribution in [-0.2, 0) is 0 Å². The second kappa shape index (κ2) is 8.03. The summed E-state index contributed by atoms with van der Waals surface area (Å²) in [5.74, 6) is 1.81. The molecule has 3 heterocycles. The molecule has 1 atom stereocenters. The highest BCUT2D eigenvalue weighted by molar-refractivity contribution is 5.89. The van der Waals surface area contributed by atoms with Crippen molar-refractivity contribution in [1.82, 2.24) is 25.5 Å². The van der Waals surface area contributed by atoms with Crippen LogP contribution in [0, 0.1) is 6.92 Å². The van der Waals surface area contributed by atoms with Crippen molar-refractivity contribution in [3.05, 3.63) is 48.7 Å². The molecule has 0 saturated carbocycles. The van der Waals surface area contributed by atoms with Gasteiger partial charge in [0.1, 0.15) is 5.82 Å². The topological polar surface area (TPSA) is 109 Å². The first-order valence-electron chi connectivity index (χ1n) is 9.16. The lowest BCUT2D eigenvalue weighted by Gasteiger charge is -2.33. The molecule has 0 radical (unpaired) electrons. The lowest BCUT2D eigenvalue weighted by atomic mass is 10.1. The third-order valence-corrected chi connectivity index (χ3v) is 4.55. The Morgan fingerprint density at radius 2 is 2.07 bits per heavy atom. The molecule has 4 rings (SSSR count). The maximum absolute atomic E-state index is 12.4. The van der Waals surface area contributed by atoms with Crippen LogP contribution in [0.4, 0.5) is 16.3 Å². The second-order valence-electron chi connectivity index (χ2n) is 6.65. The number of hydrogen-bond donors (Lipinski definition) is 2. The Balaban J connectivity index is 1.32. The van der Waals surface area contributed by atoms with Gasteiger partial charge in [0.2, 0.25) is 11.8 Å². The maximum atomic E-state index is 12.4. The monoisotopic (exact) mass is 379 g/mol. The van der Waals surface area contributed by atoms with Gasteiger partial charge in [-0.2, -0.15) is 0 Å². The molecular weight excluding hydrogens is 358 g/mol. The molecule has 1 aromatic carbocycles. The zero-order valence-electron chi connectivity index (χ0n) is 15.5. The Kier molecular flexibility index (Phi) is 5.14. The molecule has 0 spiro atoms. The minimum atomic E-state index is -0.229. The van der Waals surface area contributed by atoms with Crippen LogP contribution in [0.2, 0.25) is 0 Å². The van der Waals surface area contributed by atoms with Crippen molar-refractivity contribution in [2.45, 2.75) is 25.8 Å². The van der Waals surface area contributed by atoms with Crippen molar-refractivity contribution in [1.29, 1.82) is 0 Å². The van der Waals surface area contributed by atoms with Gasteiger partial charge in [-0.1, -0.05) is 0 Å². The number of benzene rings is 1. The van der Waals surface area contributed by atoms with Crippen LogP contribution in [0.25, 0.3) is 11.5 Å². The normalized spacial score (nSPS) is 16.6. The van der Waals surface area contributed by atoms with Crippen molar-refractivity contribution < 1.29 is 9.21 Å². The van der Waals surface area contributed by atoms with E-state index >= 15 is 0 Å². The highest BCUT2D eigenvalue weighted by Gasteiger charge is 2.22. The first kappa shape index (κ1) is 17.9. The minimum absolute atomic E-state index is 0.0522. The third kappa shape index (κ3) is 4.25. The van der Waals surface area contributed by atoms with E-state index in [9.17, 15) is 4.79 Å². The van der Waals surface area contributed by atoms with Crippen molar-refractivity contribution in [3.63, 3.8) is 0 Å². The Labute approximate surface area is 162 Å². The fraction of sp³-hybridized carbons (Fsp3) is 0.316. The Bertz CT molecular complexity index is 927. The fourth-order valence-corrected chi connectivity index (χ4v) is 3.22. The molecule has 2 aromatic heterocycles. The maximum Gasteiger partial charge on any atom is 0.319 e. The number of aryl methyl sites for hydroxylation is 1. The van der Waals surface area contributed by atoms with Gasteiger partial charge in [0, 0.05) is 49.7 Å². The molecule has 1 aliphatic heterocycles. The van der Waals surface area contributed by atoms with Crippen LogP contribution in [0.3, 0.4) is 0 Å². The van der Waals surface area contributed by atoms with Crippen LogP contribution in [0.5, 0.6) is 0 Å². The Hall–Kier alpha value is -3.49. The molecule has 9 heteroatoms. The van der Waals surface area contributed by atoms with E-state index in [-0.39, 0.29) is 12.1 Å². The molecule has 0 bridgehead atoms. The van der Waals surface area contributed by atoms with Gasteiger partial charge < -0.3 is 20.0 Å². The van der Waals surface area contributed by atoms with Crippen LogP contribution in [-0.4, -0.2) is 45.3 Å². The number of urea groups is 1. The van der Waals surface area contributed by atoms with E-state index in [1.807, 2.05) is 12.1 Å². The lowest BCUT2D eigenvalue weighted by molar-refractivity contribution is 0.246. The highest BCUT2D eigenvalue weighted by atomic mass is 16.4. The highest BCUT2D eigenvalue weighted by Crippen LogP contribution is 2.20. The number of anilines is 2. The Morgan fingerprint density at radius 3 is 2.79 bits per heavy atom. The summed E-state index contributed by atoms with van der Waals surface area (Å²) in [6.45, 7) is 3.37. The predicted molar refractivity (Wildman–Crippen MR) is 104 cm³/mol. The molecule has 1 unspecified atom stereocenters. The number of nitrogens with zero attached hydrogens (tertiary/aromatic N) is 5. The summed E-state index contributed by atoms with van der Waals surface area (Å²) >= 11 is 0. The van der Waals surface area contributed by atoms with Crippen LogP contribution >= 0.6 is 0 Å². The molecule has 2 amide bonds. The zero-order valence-corrected chi connectivity index (χ0v) is 15.5. The van der Waals surface area contributed by atoms with E-state index in [4.69, 9.17) is 4.42 Å². The summed E-state index contributed by atoms with van der Waals surface area (Å²) in [7, 11) is 0. The number of rotatable bonds is 4. The van der Waals surface area contributed by atoms with E-state index < -0.39 is 0 Å². The van der Waals surface area contributed by atoms with Crippen molar-refractivity contribution >= 4 is 17.5 Å². The van der Waals surface area contributed by atoms with Gasteiger partial charge in [-0.25, -0.2) is 9.78 Å². The molecule has 144 valence electrons. The molecule has 2 N–H and O–H groups in total. The first-order chi connectivity index (χ1) is 13.7. The predicted octanol–water partition coefficient (Wildman–Crippen LogP) is 2.63. The van der Waals surface area contributed by atoms with Gasteiger partial charge in [-0.15, -0.1) is 10.2 Å². The molecule has 28 heavy (non-hydrogen) atoms. The summed E-state index contributed by atoms with van der Waals surface area (Å²) in [6.07, 6.45) is 6.99. The lowest BCUT2D eigenvalue weighted by Crippen LogP contribution is -2.49. The number of nitrogens with one attached hydrogen (secondary N) is 2. The smallest absolute Gasteiger partial charge is 0.319 e. The van der Waals surface area contributed by atoms with Gasteiger partial charge in [-0.05, 0) is 37.1 Å². The van der Waals surface area contributed by atoms with E-state index in [0.29, 0.717) is 24.0 Å².